The molecule has 0 amide bonds. The zero-order valence-corrected chi connectivity index (χ0v) is 15.6. The lowest BCUT2D eigenvalue weighted by Gasteiger charge is -2.33. The van der Waals surface area contributed by atoms with Crippen molar-refractivity contribution in [2.45, 2.75) is 51.1 Å². The smallest absolute Gasteiger partial charge is 0.244 e. The maximum atomic E-state index is 9.35. The summed E-state index contributed by atoms with van der Waals surface area (Å²) in [5, 5.41) is 13.5. The van der Waals surface area contributed by atoms with E-state index in [1.54, 1.807) is 0 Å². The first-order valence-corrected chi connectivity index (χ1v) is 9.96. The van der Waals surface area contributed by atoms with Crippen molar-refractivity contribution in [1.29, 1.82) is 5.26 Å². The molecule has 6 heteroatoms. The molecular weight excluding hydrogens is 340 g/mol. The summed E-state index contributed by atoms with van der Waals surface area (Å²) in [4.78, 5) is 7.00. The maximum absolute atomic E-state index is 9.35. The molecule has 1 aliphatic heterocycles. The average molecular weight is 366 g/mol. The fraction of sp³-hybridized carbons (Fsp3) is 0.571. The molecule has 1 unspecified atom stereocenters. The average Bonchev–Trinajstić information content (AvgIpc) is 3.42. The summed E-state index contributed by atoms with van der Waals surface area (Å²) in [6.45, 7) is 3.22. The summed E-state index contributed by atoms with van der Waals surface area (Å²) in [6.07, 6.45) is 6.62. The third-order valence-corrected chi connectivity index (χ3v) is 5.41. The van der Waals surface area contributed by atoms with Gasteiger partial charge in [0, 0.05) is 19.6 Å². The van der Waals surface area contributed by atoms with Crippen LogP contribution in [0, 0.1) is 17.2 Å². The van der Waals surface area contributed by atoms with Crippen molar-refractivity contribution in [2.75, 3.05) is 19.8 Å². The van der Waals surface area contributed by atoms with Gasteiger partial charge in [-0.2, -0.15) is 10.2 Å². The van der Waals surface area contributed by atoms with E-state index in [2.05, 4.69) is 21.1 Å². The largest absolute Gasteiger partial charge is 0.381 e. The Hall–Kier alpha value is -2.23. The molecule has 2 aromatic rings. The minimum atomic E-state index is 0.124. The number of nitrogens with zero attached hydrogens (tertiary/aromatic N) is 4. The van der Waals surface area contributed by atoms with Gasteiger partial charge in [0.25, 0.3) is 0 Å². The Morgan fingerprint density at radius 1 is 1.22 bits per heavy atom. The summed E-state index contributed by atoms with van der Waals surface area (Å²) in [5.74, 6) is 2.20. The molecule has 142 valence electrons. The Balaban J connectivity index is 1.39. The van der Waals surface area contributed by atoms with E-state index in [4.69, 9.17) is 9.26 Å². The van der Waals surface area contributed by atoms with Gasteiger partial charge in [0.2, 0.25) is 5.89 Å². The molecule has 1 aromatic heterocycles. The standard InChI is InChI=1S/C21H26N4O2/c22-13-17-5-1-2-6-18(17)14-25-11-4-3-7-19(25)21-23-20(24-27-21)10-12-26-15-16-8-9-16/h1-2,5-6,16,19H,3-4,7-12,14-15H2. The number of benzene rings is 1. The molecule has 6 nitrogen and oxygen atoms in total. The van der Waals surface area contributed by atoms with E-state index in [1.807, 2.05) is 24.3 Å². The van der Waals surface area contributed by atoms with Gasteiger partial charge in [-0.1, -0.05) is 29.8 Å². The molecule has 1 atom stereocenters. The van der Waals surface area contributed by atoms with Crippen LogP contribution in [0.15, 0.2) is 28.8 Å². The number of piperidine rings is 1. The molecule has 2 heterocycles. The third kappa shape index (κ3) is 4.74. The van der Waals surface area contributed by atoms with Crippen molar-refractivity contribution in [3.05, 3.63) is 47.1 Å². The van der Waals surface area contributed by atoms with Crippen LogP contribution in [0.4, 0.5) is 0 Å². The van der Waals surface area contributed by atoms with Crippen LogP contribution in [0.3, 0.4) is 0 Å². The summed E-state index contributed by atoms with van der Waals surface area (Å²) in [6, 6.07) is 10.2. The second kappa shape index (κ2) is 8.64. The van der Waals surface area contributed by atoms with E-state index in [0.29, 0.717) is 18.9 Å². The maximum Gasteiger partial charge on any atom is 0.244 e. The zero-order valence-electron chi connectivity index (χ0n) is 15.6. The SMILES string of the molecule is N#Cc1ccccc1CN1CCCCC1c1nc(CCOCC2CC2)no1. The summed E-state index contributed by atoms with van der Waals surface area (Å²) in [7, 11) is 0. The van der Waals surface area contributed by atoms with Crippen molar-refractivity contribution in [1.82, 2.24) is 15.0 Å². The van der Waals surface area contributed by atoms with E-state index in [-0.39, 0.29) is 6.04 Å². The van der Waals surface area contributed by atoms with Crippen LogP contribution in [0.2, 0.25) is 0 Å². The molecule has 2 aliphatic rings. The lowest BCUT2D eigenvalue weighted by atomic mass is 10.00. The Labute approximate surface area is 160 Å². The number of hydrogen-bond acceptors (Lipinski definition) is 6. The minimum Gasteiger partial charge on any atom is -0.381 e. The highest BCUT2D eigenvalue weighted by molar-refractivity contribution is 5.37. The van der Waals surface area contributed by atoms with Crippen molar-refractivity contribution < 1.29 is 9.26 Å². The fourth-order valence-corrected chi connectivity index (χ4v) is 3.65. The van der Waals surface area contributed by atoms with Crippen LogP contribution in [0.1, 0.15) is 61.0 Å². The Morgan fingerprint density at radius 3 is 2.96 bits per heavy atom. The van der Waals surface area contributed by atoms with Crippen molar-refractivity contribution in [2.24, 2.45) is 5.92 Å². The highest BCUT2D eigenvalue weighted by Gasteiger charge is 2.29. The van der Waals surface area contributed by atoms with Gasteiger partial charge in [-0.3, -0.25) is 4.90 Å². The fourth-order valence-electron chi connectivity index (χ4n) is 3.65. The molecule has 0 N–H and O–H groups in total. The number of ether oxygens (including phenoxy) is 1. The zero-order chi connectivity index (χ0) is 18.5. The number of likely N-dealkylation sites (tertiary alicyclic amines) is 1. The van der Waals surface area contributed by atoms with E-state index in [0.717, 1.165) is 61.8 Å². The lowest BCUT2D eigenvalue weighted by Crippen LogP contribution is -2.33. The molecule has 4 rings (SSSR count). The Kier molecular flexibility index (Phi) is 5.81. The first kappa shape index (κ1) is 18.1. The molecule has 0 spiro atoms. The van der Waals surface area contributed by atoms with Crippen LogP contribution >= 0.6 is 0 Å². The molecule has 0 radical (unpaired) electrons. The van der Waals surface area contributed by atoms with Crippen LogP contribution in [-0.2, 0) is 17.7 Å². The number of rotatable bonds is 8. The number of hydrogen-bond donors (Lipinski definition) is 0. The van der Waals surface area contributed by atoms with Crippen LogP contribution < -0.4 is 0 Å². The molecule has 0 bridgehead atoms. The van der Waals surface area contributed by atoms with Gasteiger partial charge in [0.15, 0.2) is 5.82 Å². The molecular formula is C21H26N4O2. The monoisotopic (exact) mass is 366 g/mol. The van der Waals surface area contributed by atoms with Gasteiger partial charge < -0.3 is 9.26 Å². The molecule has 27 heavy (non-hydrogen) atoms. The number of nitriles is 1. The van der Waals surface area contributed by atoms with E-state index in [1.165, 1.54) is 12.8 Å². The second-order valence-corrected chi connectivity index (χ2v) is 7.57. The van der Waals surface area contributed by atoms with Gasteiger partial charge >= 0.3 is 0 Å². The summed E-state index contributed by atoms with van der Waals surface area (Å²) < 4.78 is 11.3. The molecule has 1 saturated heterocycles. The van der Waals surface area contributed by atoms with E-state index >= 15 is 0 Å². The summed E-state index contributed by atoms with van der Waals surface area (Å²) >= 11 is 0. The summed E-state index contributed by atoms with van der Waals surface area (Å²) in [5.41, 5.74) is 1.79. The van der Waals surface area contributed by atoms with Crippen LogP contribution in [0.25, 0.3) is 0 Å². The van der Waals surface area contributed by atoms with Gasteiger partial charge in [-0.05, 0) is 49.8 Å². The van der Waals surface area contributed by atoms with E-state index in [9.17, 15) is 5.26 Å². The first-order chi connectivity index (χ1) is 13.3. The second-order valence-electron chi connectivity index (χ2n) is 7.57. The van der Waals surface area contributed by atoms with Gasteiger partial charge in [-0.15, -0.1) is 0 Å². The lowest BCUT2D eigenvalue weighted by molar-refractivity contribution is 0.111. The highest BCUT2D eigenvalue weighted by atomic mass is 16.5. The van der Waals surface area contributed by atoms with E-state index < -0.39 is 0 Å². The van der Waals surface area contributed by atoms with Gasteiger partial charge in [0.05, 0.1) is 24.3 Å². The quantitative estimate of drug-likeness (QED) is 0.664. The molecule has 1 saturated carbocycles. The molecule has 2 fully saturated rings. The molecule has 1 aromatic carbocycles. The molecule has 1 aliphatic carbocycles. The predicted molar refractivity (Wildman–Crippen MR) is 99.7 cm³/mol. The Bertz CT molecular complexity index is 793. The Morgan fingerprint density at radius 2 is 2.11 bits per heavy atom. The highest BCUT2D eigenvalue weighted by Crippen LogP contribution is 2.32. The third-order valence-electron chi connectivity index (χ3n) is 5.41. The van der Waals surface area contributed by atoms with Gasteiger partial charge in [-0.25, -0.2) is 0 Å². The van der Waals surface area contributed by atoms with Crippen molar-refractivity contribution in [3.8, 4) is 6.07 Å². The first-order valence-electron chi connectivity index (χ1n) is 9.96. The normalized spacial score (nSPS) is 20.5. The van der Waals surface area contributed by atoms with Crippen LogP contribution in [0.5, 0.6) is 0 Å². The minimum absolute atomic E-state index is 0.124. The van der Waals surface area contributed by atoms with Crippen molar-refractivity contribution in [3.63, 3.8) is 0 Å². The topological polar surface area (TPSA) is 75.2 Å². The van der Waals surface area contributed by atoms with Crippen molar-refractivity contribution >= 4 is 0 Å². The van der Waals surface area contributed by atoms with Crippen LogP contribution in [-0.4, -0.2) is 34.8 Å². The predicted octanol–water partition coefficient (Wildman–Crippen LogP) is 3.64. The van der Waals surface area contributed by atoms with Gasteiger partial charge in [0.1, 0.15) is 0 Å². The number of aromatic nitrogens is 2.